The Hall–Kier alpha value is -1.04. The van der Waals surface area contributed by atoms with Gasteiger partial charge in [-0.05, 0) is 39.3 Å². The molecule has 1 atom stereocenters. The average Bonchev–Trinajstić information content (AvgIpc) is 2.90. The monoisotopic (exact) mass is 363 g/mol. The summed E-state index contributed by atoms with van der Waals surface area (Å²) in [5.74, 6) is 0.203. The largest absolute Gasteiger partial charge is 0.301 e. The highest BCUT2D eigenvalue weighted by Crippen LogP contribution is 2.52. The van der Waals surface area contributed by atoms with Gasteiger partial charge in [0.2, 0.25) is 5.91 Å². The van der Waals surface area contributed by atoms with Crippen molar-refractivity contribution >= 4 is 44.5 Å². The molecule has 1 aromatic carbocycles. The van der Waals surface area contributed by atoms with E-state index < -0.39 is 0 Å². The molecule has 0 radical (unpaired) electrons. The summed E-state index contributed by atoms with van der Waals surface area (Å²) < 4.78 is 0.931. The van der Waals surface area contributed by atoms with Crippen LogP contribution in [0.15, 0.2) is 18.2 Å². The predicted octanol–water partition coefficient (Wildman–Crippen LogP) is 6.14. The number of nitrogens with zero attached hydrogens (tertiary/aromatic N) is 1. The lowest BCUT2D eigenvalue weighted by molar-refractivity contribution is -0.123. The van der Waals surface area contributed by atoms with E-state index in [1.54, 1.807) is 20.7 Å². The Morgan fingerprint density at radius 2 is 2.04 bits per heavy atom. The minimum absolute atomic E-state index is 0.0107. The molecule has 0 saturated heterocycles. The molecule has 0 fully saturated rings. The van der Waals surface area contributed by atoms with Gasteiger partial charge < -0.3 is 4.90 Å². The molecule has 1 aliphatic heterocycles. The van der Waals surface area contributed by atoms with Gasteiger partial charge in [-0.3, -0.25) is 4.79 Å². The van der Waals surface area contributed by atoms with Gasteiger partial charge in [0.05, 0.1) is 16.1 Å². The number of rotatable bonds is 2. The Morgan fingerprint density at radius 3 is 2.70 bits per heavy atom. The van der Waals surface area contributed by atoms with Crippen molar-refractivity contribution in [3.05, 3.63) is 32.5 Å². The molecular weight excluding hydrogens is 342 g/mol. The smallest absolute Gasteiger partial charge is 0.230 e. The number of anilines is 1. The van der Waals surface area contributed by atoms with Gasteiger partial charge in [0, 0.05) is 17.0 Å². The van der Waals surface area contributed by atoms with E-state index in [0.29, 0.717) is 0 Å². The van der Waals surface area contributed by atoms with E-state index in [1.807, 2.05) is 11.8 Å². The fourth-order valence-corrected chi connectivity index (χ4v) is 6.41. The first-order valence-corrected chi connectivity index (χ1v) is 10.4. The summed E-state index contributed by atoms with van der Waals surface area (Å²) in [4.78, 5) is 16.3. The Bertz CT molecular complexity index is 831. The quantitative estimate of drug-likeness (QED) is 0.471. The SMILES string of the molecule is CC[C@H](C)C(=O)N1c2ccc(C)cc2-c2c(ssc2=S)C1(C)C. The lowest BCUT2D eigenvalue weighted by Gasteiger charge is -2.44. The second-order valence-corrected chi connectivity index (χ2v) is 9.54. The first-order valence-electron chi connectivity index (χ1n) is 7.87. The third kappa shape index (κ3) is 2.49. The molecule has 0 unspecified atom stereocenters. The first-order chi connectivity index (χ1) is 10.8. The molecule has 0 bridgehead atoms. The molecule has 2 heterocycles. The number of carbonyl (C=O) groups is 1. The van der Waals surface area contributed by atoms with Crippen LogP contribution in [0.2, 0.25) is 0 Å². The summed E-state index contributed by atoms with van der Waals surface area (Å²) >= 11 is 5.60. The van der Waals surface area contributed by atoms with Crippen LogP contribution in [-0.2, 0) is 10.3 Å². The third-order valence-electron chi connectivity index (χ3n) is 4.66. The normalized spacial score (nSPS) is 16.7. The second-order valence-electron chi connectivity index (χ2n) is 6.72. The summed E-state index contributed by atoms with van der Waals surface area (Å²) in [5, 5.41) is 0. The number of amides is 1. The molecule has 5 heteroatoms. The van der Waals surface area contributed by atoms with Crippen LogP contribution in [0.5, 0.6) is 0 Å². The lowest BCUT2D eigenvalue weighted by atomic mass is 9.85. The van der Waals surface area contributed by atoms with Gasteiger partial charge >= 0.3 is 0 Å². The van der Waals surface area contributed by atoms with Crippen molar-refractivity contribution in [1.29, 1.82) is 0 Å². The highest BCUT2D eigenvalue weighted by Gasteiger charge is 2.43. The van der Waals surface area contributed by atoms with Gasteiger partial charge in [-0.1, -0.05) is 58.4 Å². The first kappa shape index (κ1) is 16.8. The second kappa shape index (κ2) is 5.80. The number of hydrogen-bond acceptors (Lipinski definition) is 4. The highest BCUT2D eigenvalue weighted by molar-refractivity contribution is 7.80. The van der Waals surface area contributed by atoms with E-state index in [1.165, 1.54) is 10.4 Å². The molecule has 2 nitrogen and oxygen atoms in total. The number of benzene rings is 1. The molecule has 0 spiro atoms. The molecule has 2 aromatic rings. The van der Waals surface area contributed by atoms with Crippen molar-refractivity contribution in [3.8, 4) is 11.1 Å². The summed E-state index contributed by atoms with van der Waals surface area (Å²) in [6.07, 6.45) is 0.846. The Labute approximate surface area is 150 Å². The zero-order valence-electron chi connectivity index (χ0n) is 14.1. The standard InChI is InChI=1S/C18H21NOS3/c1-6-11(3)16(20)19-13-8-7-10(2)9-12(13)14-15(18(19,4)5)22-23-17(14)21/h7-9,11H,6H2,1-5H3/t11-/m0/s1. The van der Waals surface area contributed by atoms with Crippen LogP contribution < -0.4 is 4.90 Å². The number of carbonyl (C=O) groups excluding carboxylic acids is 1. The predicted molar refractivity (Wildman–Crippen MR) is 103 cm³/mol. The van der Waals surface area contributed by atoms with Crippen LogP contribution >= 0.6 is 32.9 Å². The van der Waals surface area contributed by atoms with E-state index >= 15 is 0 Å². The number of fused-ring (bicyclic) bond motifs is 3. The van der Waals surface area contributed by atoms with Crippen LogP contribution in [-0.4, -0.2) is 5.91 Å². The molecule has 3 rings (SSSR count). The van der Waals surface area contributed by atoms with Gasteiger partial charge in [0.25, 0.3) is 0 Å². The fourth-order valence-electron chi connectivity index (χ4n) is 3.13. The molecule has 1 aliphatic rings. The van der Waals surface area contributed by atoms with Crippen molar-refractivity contribution in [2.75, 3.05) is 4.90 Å². The summed E-state index contributed by atoms with van der Waals surface area (Å²) in [7, 11) is 3.35. The maximum atomic E-state index is 13.1. The average molecular weight is 364 g/mol. The van der Waals surface area contributed by atoms with Crippen LogP contribution in [0.4, 0.5) is 5.69 Å². The van der Waals surface area contributed by atoms with Crippen molar-refractivity contribution in [2.45, 2.75) is 46.6 Å². The summed E-state index contributed by atoms with van der Waals surface area (Å²) in [6.45, 7) is 10.4. The van der Waals surface area contributed by atoms with Crippen molar-refractivity contribution in [3.63, 3.8) is 0 Å². The van der Waals surface area contributed by atoms with Gasteiger partial charge in [-0.25, -0.2) is 0 Å². The van der Waals surface area contributed by atoms with E-state index in [2.05, 4.69) is 45.9 Å². The van der Waals surface area contributed by atoms with Crippen molar-refractivity contribution in [2.24, 2.45) is 5.92 Å². The van der Waals surface area contributed by atoms with E-state index in [4.69, 9.17) is 12.2 Å². The minimum Gasteiger partial charge on any atom is -0.301 e. The third-order valence-corrected chi connectivity index (χ3v) is 7.99. The lowest BCUT2D eigenvalue weighted by Crippen LogP contribution is -2.49. The summed E-state index contributed by atoms with van der Waals surface area (Å²) in [5.41, 5.74) is 4.09. The Kier molecular flexibility index (Phi) is 4.23. The van der Waals surface area contributed by atoms with E-state index in [9.17, 15) is 4.79 Å². The van der Waals surface area contributed by atoms with Crippen LogP contribution in [0.25, 0.3) is 11.1 Å². The summed E-state index contributed by atoms with van der Waals surface area (Å²) in [6, 6.07) is 6.32. The molecule has 23 heavy (non-hydrogen) atoms. The van der Waals surface area contributed by atoms with Gasteiger partial charge in [-0.15, -0.1) is 0 Å². The molecule has 122 valence electrons. The molecule has 0 N–H and O–H groups in total. The Morgan fingerprint density at radius 1 is 1.35 bits per heavy atom. The van der Waals surface area contributed by atoms with Crippen molar-refractivity contribution < 1.29 is 4.79 Å². The van der Waals surface area contributed by atoms with E-state index in [-0.39, 0.29) is 17.4 Å². The van der Waals surface area contributed by atoms with Gasteiger partial charge in [0.1, 0.15) is 3.82 Å². The topological polar surface area (TPSA) is 20.3 Å². The zero-order chi connectivity index (χ0) is 16.9. The van der Waals surface area contributed by atoms with Gasteiger partial charge in [0.15, 0.2) is 0 Å². The van der Waals surface area contributed by atoms with Crippen molar-refractivity contribution in [1.82, 2.24) is 0 Å². The zero-order valence-corrected chi connectivity index (χ0v) is 16.5. The Balaban J connectivity index is 2.32. The molecule has 1 aromatic heterocycles. The van der Waals surface area contributed by atoms with Crippen LogP contribution in [0, 0.1) is 16.7 Å². The van der Waals surface area contributed by atoms with E-state index in [0.717, 1.165) is 27.1 Å². The maximum absolute atomic E-state index is 13.1. The maximum Gasteiger partial charge on any atom is 0.230 e. The minimum atomic E-state index is -0.365. The molecular formula is C18H21NOS3. The number of aryl methyl sites for hydroxylation is 1. The van der Waals surface area contributed by atoms with Gasteiger partial charge in [-0.2, -0.15) is 0 Å². The highest BCUT2D eigenvalue weighted by atomic mass is 32.9. The molecule has 0 saturated carbocycles. The van der Waals surface area contributed by atoms with Crippen LogP contribution in [0.1, 0.15) is 44.6 Å². The number of hydrogen-bond donors (Lipinski definition) is 0. The fraction of sp³-hybridized carbons (Fsp3) is 0.444. The van der Waals surface area contributed by atoms with Crippen LogP contribution in [0.3, 0.4) is 0 Å². The molecule has 0 aliphatic carbocycles. The molecule has 1 amide bonds.